The van der Waals surface area contributed by atoms with Gasteiger partial charge in [0, 0.05) is 6.04 Å². The van der Waals surface area contributed by atoms with Gasteiger partial charge in [0.2, 0.25) is 0 Å². The Labute approximate surface area is 116 Å². The molecule has 100 valence electrons. The molecule has 3 atom stereocenters. The van der Waals surface area contributed by atoms with Crippen molar-refractivity contribution in [3.05, 3.63) is 35.4 Å². The zero-order valence-corrected chi connectivity index (χ0v) is 12.6. The summed E-state index contributed by atoms with van der Waals surface area (Å²) < 4.78 is 0. The molecule has 1 aromatic rings. The van der Waals surface area contributed by atoms with Crippen molar-refractivity contribution in [2.45, 2.75) is 38.6 Å². The van der Waals surface area contributed by atoms with Crippen LogP contribution in [-0.2, 0) is 6.42 Å². The average molecular weight is 263 g/mol. The maximum Gasteiger partial charge on any atom is 0.0106 e. The molecular formula is C16H25NS. The predicted molar refractivity (Wildman–Crippen MR) is 82.5 cm³/mol. The van der Waals surface area contributed by atoms with Gasteiger partial charge < -0.3 is 5.32 Å². The fourth-order valence-electron chi connectivity index (χ4n) is 3.04. The molecular weight excluding hydrogens is 238 g/mol. The Morgan fingerprint density at radius 1 is 1.39 bits per heavy atom. The van der Waals surface area contributed by atoms with Crippen molar-refractivity contribution < 1.29 is 0 Å². The molecule has 1 nitrogen and oxygen atoms in total. The first-order chi connectivity index (χ1) is 8.76. The van der Waals surface area contributed by atoms with Crippen LogP contribution in [0.3, 0.4) is 0 Å². The molecule has 1 aliphatic rings. The average Bonchev–Trinajstić information content (AvgIpc) is 2.35. The van der Waals surface area contributed by atoms with E-state index in [0.717, 1.165) is 18.4 Å². The Morgan fingerprint density at radius 2 is 2.17 bits per heavy atom. The minimum Gasteiger partial charge on any atom is -0.314 e. The number of fused-ring (bicyclic) bond motifs is 1. The van der Waals surface area contributed by atoms with E-state index in [1.807, 2.05) is 11.8 Å². The summed E-state index contributed by atoms with van der Waals surface area (Å²) in [7, 11) is 0. The molecule has 0 spiro atoms. The molecule has 0 bridgehead atoms. The van der Waals surface area contributed by atoms with Crippen molar-refractivity contribution >= 4 is 11.8 Å². The Bertz CT molecular complexity index is 377. The van der Waals surface area contributed by atoms with E-state index in [1.165, 1.54) is 18.6 Å². The molecule has 0 amide bonds. The second-order valence-corrected chi connectivity index (χ2v) is 6.34. The van der Waals surface area contributed by atoms with Crippen LogP contribution in [0.4, 0.5) is 0 Å². The monoisotopic (exact) mass is 263 g/mol. The Balaban J connectivity index is 1.94. The molecule has 0 aromatic heterocycles. The lowest BCUT2D eigenvalue weighted by Crippen LogP contribution is -2.39. The molecule has 1 aromatic carbocycles. The van der Waals surface area contributed by atoms with Gasteiger partial charge in [-0.1, -0.05) is 38.1 Å². The van der Waals surface area contributed by atoms with Crippen LogP contribution in [0.25, 0.3) is 0 Å². The van der Waals surface area contributed by atoms with Gasteiger partial charge in [-0.05, 0) is 54.4 Å². The van der Waals surface area contributed by atoms with E-state index < -0.39 is 0 Å². The molecule has 0 radical (unpaired) electrons. The van der Waals surface area contributed by atoms with Gasteiger partial charge in [0.05, 0.1) is 0 Å². The van der Waals surface area contributed by atoms with Gasteiger partial charge in [-0.3, -0.25) is 0 Å². The third-order valence-corrected chi connectivity index (χ3v) is 4.94. The van der Waals surface area contributed by atoms with Crippen LogP contribution in [0.1, 0.15) is 37.3 Å². The molecule has 3 unspecified atom stereocenters. The zero-order chi connectivity index (χ0) is 13.0. The molecule has 0 fully saturated rings. The SMILES string of the molecule is CCNC(CC1Cc2ccccc21)C(C)CSC. The summed E-state index contributed by atoms with van der Waals surface area (Å²) in [6, 6.07) is 9.59. The van der Waals surface area contributed by atoms with Crippen LogP contribution in [0.2, 0.25) is 0 Å². The van der Waals surface area contributed by atoms with Crippen molar-refractivity contribution in [2.24, 2.45) is 5.92 Å². The van der Waals surface area contributed by atoms with Gasteiger partial charge in [0.15, 0.2) is 0 Å². The Morgan fingerprint density at radius 3 is 2.83 bits per heavy atom. The first-order valence-corrected chi connectivity index (χ1v) is 8.45. The van der Waals surface area contributed by atoms with Gasteiger partial charge >= 0.3 is 0 Å². The number of nitrogens with one attached hydrogen (secondary N) is 1. The molecule has 0 aliphatic heterocycles. The predicted octanol–water partition coefficient (Wildman–Crippen LogP) is 3.69. The summed E-state index contributed by atoms with van der Waals surface area (Å²) in [6.07, 6.45) is 4.79. The zero-order valence-electron chi connectivity index (χ0n) is 11.8. The molecule has 0 heterocycles. The maximum absolute atomic E-state index is 3.68. The number of hydrogen-bond acceptors (Lipinski definition) is 2. The van der Waals surface area contributed by atoms with Crippen molar-refractivity contribution in [1.29, 1.82) is 0 Å². The third-order valence-electron chi connectivity index (χ3n) is 4.08. The van der Waals surface area contributed by atoms with Gasteiger partial charge in [-0.25, -0.2) is 0 Å². The van der Waals surface area contributed by atoms with Crippen LogP contribution < -0.4 is 5.32 Å². The van der Waals surface area contributed by atoms with Crippen LogP contribution in [0.5, 0.6) is 0 Å². The molecule has 0 saturated heterocycles. The first-order valence-electron chi connectivity index (χ1n) is 7.06. The van der Waals surface area contributed by atoms with Gasteiger partial charge in [-0.15, -0.1) is 0 Å². The lowest BCUT2D eigenvalue weighted by atomic mass is 9.73. The fraction of sp³-hybridized carbons (Fsp3) is 0.625. The second-order valence-electron chi connectivity index (χ2n) is 5.43. The highest BCUT2D eigenvalue weighted by Crippen LogP contribution is 2.38. The highest BCUT2D eigenvalue weighted by atomic mass is 32.2. The second kappa shape index (κ2) is 6.63. The van der Waals surface area contributed by atoms with E-state index in [-0.39, 0.29) is 0 Å². The molecule has 18 heavy (non-hydrogen) atoms. The summed E-state index contributed by atoms with van der Waals surface area (Å²) in [5.74, 6) is 2.80. The fourth-order valence-corrected chi connectivity index (χ4v) is 3.80. The number of rotatable bonds is 7. The van der Waals surface area contributed by atoms with Crippen molar-refractivity contribution in [3.63, 3.8) is 0 Å². The first kappa shape index (κ1) is 14.0. The van der Waals surface area contributed by atoms with E-state index in [9.17, 15) is 0 Å². The van der Waals surface area contributed by atoms with Crippen LogP contribution >= 0.6 is 11.8 Å². The molecule has 1 N–H and O–H groups in total. The largest absolute Gasteiger partial charge is 0.314 e. The normalized spacial score (nSPS) is 20.9. The summed E-state index contributed by atoms with van der Waals surface area (Å²) in [5.41, 5.74) is 3.16. The van der Waals surface area contributed by atoms with Crippen LogP contribution in [0.15, 0.2) is 24.3 Å². The third kappa shape index (κ3) is 3.10. The van der Waals surface area contributed by atoms with Crippen molar-refractivity contribution in [1.82, 2.24) is 5.32 Å². The van der Waals surface area contributed by atoms with Gasteiger partial charge in [-0.2, -0.15) is 11.8 Å². The number of thioether (sulfide) groups is 1. The standard InChI is InChI=1S/C16H25NS/c1-4-17-16(12(2)11-18-3)10-14-9-13-7-5-6-8-15(13)14/h5-8,12,14,16-17H,4,9-11H2,1-3H3. The topological polar surface area (TPSA) is 12.0 Å². The Hall–Kier alpha value is -0.470. The highest BCUT2D eigenvalue weighted by molar-refractivity contribution is 7.98. The minimum atomic E-state index is 0.667. The number of hydrogen-bond donors (Lipinski definition) is 1. The van der Waals surface area contributed by atoms with E-state index in [2.05, 4.69) is 49.7 Å². The smallest absolute Gasteiger partial charge is 0.0106 e. The van der Waals surface area contributed by atoms with Gasteiger partial charge in [0.1, 0.15) is 0 Å². The van der Waals surface area contributed by atoms with Crippen LogP contribution in [0, 0.1) is 5.92 Å². The van der Waals surface area contributed by atoms with Crippen LogP contribution in [-0.4, -0.2) is 24.6 Å². The van der Waals surface area contributed by atoms with E-state index in [4.69, 9.17) is 0 Å². The van der Waals surface area contributed by atoms with Crippen molar-refractivity contribution in [3.8, 4) is 0 Å². The lowest BCUT2D eigenvalue weighted by molar-refractivity contribution is 0.350. The quantitative estimate of drug-likeness (QED) is 0.805. The highest BCUT2D eigenvalue weighted by Gasteiger charge is 2.29. The minimum absolute atomic E-state index is 0.667. The van der Waals surface area contributed by atoms with E-state index in [0.29, 0.717) is 6.04 Å². The van der Waals surface area contributed by atoms with Gasteiger partial charge in [0.25, 0.3) is 0 Å². The lowest BCUT2D eigenvalue weighted by Gasteiger charge is -2.35. The summed E-state index contributed by atoms with van der Waals surface area (Å²) in [6.45, 7) is 5.68. The van der Waals surface area contributed by atoms with Crippen molar-refractivity contribution in [2.75, 3.05) is 18.6 Å². The Kier molecular flexibility index (Phi) is 5.13. The number of benzene rings is 1. The summed E-state index contributed by atoms with van der Waals surface area (Å²) >= 11 is 1.96. The maximum atomic E-state index is 3.68. The van der Waals surface area contributed by atoms with E-state index >= 15 is 0 Å². The molecule has 1 aliphatic carbocycles. The molecule has 2 rings (SSSR count). The van der Waals surface area contributed by atoms with E-state index in [1.54, 1.807) is 11.1 Å². The molecule has 2 heteroatoms. The molecule has 0 saturated carbocycles. The summed E-state index contributed by atoms with van der Waals surface area (Å²) in [4.78, 5) is 0. The summed E-state index contributed by atoms with van der Waals surface area (Å²) in [5, 5.41) is 3.68.